The van der Waals surface area contributed by atoms with Crippen LogP contribution in [0.15, 0.2) is 241 Å². The fourth-order valence-electron chi connectivity index (χ4n) is 10.6. The van der Waals surface area contributed by atoms with Crippen LogP contribution in [-0.2, 0) is 0 Å². The molecule has 0 spiro atoms. The molecule has 2 aliphatic carbocycles. The first-order valence-corrected chi connectivity index (χ1v) is 24.3. The highest BCUT2D eigenvalue weighted by atomic mass is 15.0. The second-order valence-electron chi connectivity index (χ2n) is 18.4. The van der Waals surface area contributed by atoms with Crippen molar-refractivity contribution in [3.8, 4) is 27.9 Å². The lowest BCUT2D eigenvalue weighted by Gasteiger charge is -2.27. The van der Waals surface area contributed by atoms with Gasteiger partial charge in [0.15, 0.2) is 0 Å². The third-order valence-corrected chi connectivity index (χ3v) is 14.1. The topological polar surface area (TPSA) is 55.3 Å². The fourth-order valence-corrected chi connectivity index (χ4v) is 10.6. The van der Waals surface area contributed by atoms with Crippen LogP contribution in [0.3, 0.4) is 0 Å². The number of aromatic nitrogens is 1. The van der Waals surface area contributed by atoms with E-state index in [1.807, 2.05) is 6.07 Å². The van der Waals surface area contributed by atoms with Gasteiger partial charge in [-0.05, 0) is 155 Å². The van der Waals surface area contributed by atoms with E-state index in [-0.39, 0.29) is 0 Å². The number of fused-ring (bicyclic) bond motifs is 4. The number of hydrogen-bond donors (Lipinski definition) is 2. The van der Waals surface area contributed by atoms with Crippen LogP contribution in [0.25, 0.3) is 66.1 Å². The zero-order valence-corrected chi connectivity index (χ0v) is 38.5. The molecule has 0 aliphatic heterocycles. The molecule has 9 aromatic carbocycles. The van der Waals surface area contributed by atoms with E-state index in [1.165, 1.54) is 60.9 Å². The molecule has 69 heavy (non-hydrogen) atoms. The number of allylic oxidation sites excluding steroid dienone is 6. The summed E-state index contributed by atoms with van der Waals surface area (Å²) < 4.78 is 2.44. The molecule has 3 N–H and O–H groups in total. The smallest absolute Gasteiger partial charge is 0.0944 e. The molecule has 1 atom stereocenters. The zero-order valence-electron chi connectivity index (χ0n) is 38.5. The van der Waals surface area contributed by atoms with Crippen molar-refractivity contribution in [1.82, 2.24) is 4.57 Å². The van der Waals surface area contributed by atoms with Crippen LogP contribution in [-0.4, -0.2) is 10.3 Å². The van der Waals surface area contributed by atoms with E-state index in [4.69, 9.17) is 10.7 Å². The number of hydrogen-bond acceptors (Lipinski definition) is 3. The molecule has 1 heterocycles. The van der Waals surface area contributed by atoms with Crippen LogP contribution >= 0.6 is 0 Å². The minimum Gasteiger partial charge on any atom is -0.397 e. The molecule has 1 aromatic heterocycles. The monoisotopic (exact) mass is 888 g/mol. The minimum absolute atomic E-state index is 0.346. The lowest BCUT2D eigenvalue weighted by Crippen LogP contribution is -2.08. The van der Waals surface area contributed by atoms with E-state index >= 15 is 0 Å². The number of aliphatic imine (C=N–C) groups is 1. The first kappa shape index (κ1) is 41.9. The van der Waals surface area contributed by atoms with Crippen molar-refractivity contribution >= 4 is 66.6 Å². The van der Waals surface area contributed by atoms with Crippen LogP contribution in [0.2, 0.25) is 0 Å². The predicted octanol–water partition coefficient (Wildman–Crippen LogP) is 17.3. The number of benzene rings is 9. The SMILES string of the molecule is Nc1ccc2ccccc2c1N=C(C1=CCCC=C1)c1cccc(-n2c3ccc(C4=CCCC(c5cc(-c6ccccc6)ccc5Nc5ccccc5)C4)cc3c3cc(-c4ccccc4)ccc32)c1. The van der Waals surface area contributed by atoms with Gasteiger partial charge in [-0.3, -0.25) is 0 Å². The Hall–Kier alpha value is -8.47. The molecule has 10 aromatic rings. The molecule has 0 amide bonds. The largest absolute Gasteiger partial charge is 0.397 e. The number of nitrogen functional groups attached to an aromatic ring is 1. The first-order chi connectivity index (χ1) is 34.1. The van der Waals surface area contributed by atoms with Crippen LogP contribution in [0.5, 0.6) is 0 Å². The molecule has 2 aliphatic rings. The number of nitrogens with one attached hydrogen (secondary N) is 1. The Morgan fingerprint density at radius 1 is 0.536 bits per heavy atom. The van der Waals surface area contributed by atoms with E-state index in [1.54, 1.807) is 0 Å². The highest BCUT2D eigenvalue weighted by Crippen LogP contribution is 2.44. The maximum atomic E-state index is 6.74. The van der Waals surface area contributed by atoms with Gasteiger partial charge < -0.3 is 15.6 Å². The molecule has 0 fully saturated rings. The van der Waals surface area contributed by atoms with Crippen molar-refractivity contribution in [2.45, 2.75) is 38.0 Å². The van der Waals surface area contributed by atoms with Gasteiger partial charge in [0.05, 0.1) is 28.1 Å². The minimum atomic E-state index is 0.346. The van der Waals surface area contributed by atoms with Crippen molar-refractivity contribution in [3.63, 3.8) is 0 Å². The van der Waals surface area contributed by atoms with Gasteiger partial charge in [-0.15, -0.1) is 0 Å². The molecule has 0 saturated heterocycles. The van der Waals surface area contributed by atoms with Crippen molar-refractivity contribution in [2.24, 2.45) is 4.99 Å². The van der Waals surface area contributed by atoms with Crippen molar-refractivity contribution < 1.29 is 0 Å². The summed E-state index contributed by atoms with van der Waals surface area (Å²) >= 11 is 0. The summed E-state index contributed by atoms with van der Waals surface area (Å²) in [7, 11) is 0. The molecular formula is C65H52N4. The van der Waals surface area contributed by atoms with Gasteiger partial charge in [0.1, 0.15) is 0 Å². The Labute approximate surface area is 404 Å². The van der Waals surface area contributed by atoms with Crippen molar-refractivity contribution in [1.29, 1.82) is 0 Å². The Morgan fingerprint density at radius 2 is 1.22 bits per heavy atom. The molecule has 0 radical (unpaired) electrons. The summed E-state index contributed by atoms with van der Waals surface area (Å²) in [4.78, 5) is 5.46. The van der Waals surface area contributed by atoms with Crippen LogP contribution in [0.4, 0.5) is 22.7 Å². The lowest BCUT2D eigenvalue weighted by atomic mass is 9.80. The van der Waals surface area contributed by atoms with Gasteiger partial charge in [-0.1, -0.05) is 164 Å². The average molecular weight is 889 g/mol. The molecule has 12 rings (SSSR count). The fraction of sp³-hybridized carbons (Fsp3) is 0.0923. The standard InChI is InChI=1S/C65H52N4/c66-60-35-31-46-21-13-14-30-56(46)65(60)68-64(47-22-9-3-10-23-47)53-26-16-29-55(40-53)69-62-37-33-50(45-19-7-2-8-20-45)42-58(62)59-43-51(34-38-63(59)69)48-24-15-25-52(39-48)57-41-49(44-17-5-1-6-18-44)32-36-61(57)67-54-27-11-4-12-28-54/h1-2,4-9,11-14,16-24,26-38,40-43,52,67H,3,10,15,25,39,66H2. The number of anilines is 3. The van der Waals surface area contributed by atoms with Crippen LogP contribution in [0, 0.1) is 0 Å². The molecule has 0 saturated carbocycles. The molecule has 332 valence electrons. The van der Waals surface area contributed by atoms with Gasteiger partial charge in [-0.2, -0.15) is 0 Å². The third kappa shape index (κ3) is 8.25. The van der Waals surface area contributed by atoms with Crippen molar-refractivity contribution in [3.05, 3.63) is 253 Å². The van der Waals surface area contributed by atoms with Crippen molar-refractivity contribution in [2.75, 3.05) is 11.1 Å². The van der Waals surface area contributed by atoms with Gasteiger partial charge in [-0.25, -0.2) is 4.99 Å². The number of rotatable bonds is 10. The average Bonchev–Trinajstić information content (AvgIpc) is 3.75. The molecular weight excluding hydrogens is 837 g/mol. The Kier molecular flexibility index (Phi) is 11.1. The normalized spacial score (nSPS) is 15.1. The van der Waals surface area contributed by atoms with Gasteiger partial charge >= 0.3 is 0 Å². The molecule has 1 unspecified atom stereocenters. The highest BCUT2D eigenvalue weighted by Gasteiger charge is 2.24. The number of nitrogens with two attached hydrogens (primary N) is 1. The highest BCUT2D eigenvalue weighted by molar-refractivity contribution is 6.18. The van der Waals surface area contributed by atoms with E-state index in [0.29, 0.717) is 11.6 Å². The zero-order chi connectivity index (χ0) is 46.1. The van der Waals surface area contributed by atoms with Crippen LogP contribution < -0.4 is 11.1 Å². The summed E-state index contributed by atoms with van der Waals surface area (Å²) in [5.41, 5.74) is 25.9. The third-order valence-electron chi connectivity index (χ3n) is 14.1. The second-order valence-corrected chi connectivity index (χ2v) is 18.4. The number of nitrogens with zero attached hydrogens (tertiary/aromatic N) is 2. The Balaban J connectivity index is 0.973. The summed E-state index contributed by atoms with van der Waals surface area (Å²) in [5.74, 6) is 0.346. The lowest BCUT2D eigenvalue weighted by molar-refractivity contribution is 0.629. The molecule has 0 bridgehead atoms. The summed E-state index contributed by atoms with van der Waals surface area (Å²) in [6.45, 7) is 0. The summed E-state index contributed by atoms with van der Waals surface area (Å²) in [6, 6.07) is 74.4. The quantitative estimate of drug-likeness (QED) is 0.106. The van der Waals surface area contributed by atoms with Gasteiger partial charge in [0, 0.05) is 38.8 Å². The van der Waals surface area contributed by atoms with E-state index in [9.17, 15) is 0 Å². The Bertz CT molecular complexity index is 3670. The maximum absolute atomic E-state index is 6.74. The van der Waals surface area contributed by atoms with E-state index < -0.39 is 0 Å². The number of para-hydroxylation sites is 1. The summed E-state index contributed by atoms with van der Waals surface area (Å²) in [5, 5.41) is 8.42. The van der Waals surface area contributed by atoms with Gasteiger partial charge in [0.2, 0.25) is 0 Å². The molecule has 4 heteroatoms. The van der Waals surface area contributed by atoms with Crippen LogP contribution in [0.1, 0.15) is 54.7 Å². The molecule has 4 nitrogen and oxygen atoms in total. The Morgan fingerprint density at radius 3 is 1.97 bits per heavy atom. The maximum Gasteiger partial charge on any atom is 0.0944 e. The first-order valence-electron chi connectivity index (χ1n) is 24.3. The van der Waals surface area contributed by atoms with E-state index in [2.05, 4.69) is 234 Å². The second kappa shape index (κ2) is 18.3. The van der Waals surface area contributed by atoms with Gasteiger partial charge in [0.25, 0.3) is 0 Å². The summed E-state index contributed by atoms with van der Waals surface area (Å²) in [6.07, 6.45) is 14.3. The predicted molar refractivity (Wildman–Crippen MR) is 293 cm³/mol. The van der Waals surface area contributed by atoms with E-state index in [0.717, 1.165) is 82.3 Å².